The maximum Gasteiger partial charge on any atom is 0.0885 e. The van der Waals surface area contributed by atoms with Crippen molar-refractivity contribution >= 4 is 0 Å². The van der Waals surface area contributed by atoms with E-state index in [1.807, 2.05) is 24.5 Å². The largest absolute Gasteiger partial charge is 0.264 e. The number of pyridine rings is 2. The second-order valence-electron chi connectivity index (χ2n) is 12.9. The average Bonchev–Trinajstić information content (AvgIpc) is 3.27. The van der Waals surface area contributed by atoms with Gasteiger partial charge < -0.3 is 0 Å². The second-order valence-corrected chi connectivity index (χ2v) is 12.9. The molecule has 6 heteroatoms. The number of aromatic nitrogens is 6. The Labute approximate surface area is 313 Å². The predicted molar refractivity (Wildman–Crippen MR) is 217 cm³/mol. The third kappa shape index (κ3) is 6.67. The zero-order valence-electron chi connectivity index (χ0n) is 29.2. The second kappa shape index (κ2) is 14.7. The van der Waals surface area contributed by atoms with E-state index in [2.05, 4.69) is 151 Å². The van der Waals surface area contributed by atoms with Gasteiger partial charge in [-0.05, 0) is 91.0 Å². The highest BCUT2D eigenvalue weighted by Gasteiger charge is 2.17. The lowest BCUT2D eigenvalue weighted by atomic mass is 9.85. The summed E-state index contributed by atoms with van der Waals surface area (Å²) in [6, 6.07) is 47.5. The van der Waals surface area contributed by atoms with Crippen LogP contribution in [-0.2, 0) is 0 Å². The maximum absolute atomic E-state index is 4.52. The molecule has 9 aromatic rings. The molecule has 0 spiro atoms. The van der Waals surface area contributed by atoms with Crippen LogP contribution in [0.5, 0.6) is 0 Å². The summed E-state index contributed by atoms with van der Waals surface area (Å²) in [5, 5.41) is 0. The van der Waals surface area contributed by atoms with Gasteiger partial charge in [0.1, 0.15) is 0 Å². The quantitative estimate of drug-likeness (QED) is 0.158. The van der Waals surface area contributed by atoms with Crippen molar-refractivity contribution < 1.29 is 0 Å². The number of benzene rings is 5. The summed E-state index contributed by atoms with van der Waals surface area (Å²) in [4.78, 5) is 26.3. The maximum atomic E-state index is 4.52. The van der Waals surface area contributed by atoms with Gasteiger partial charge in [-0.1, -0.05) is 109 Å². The Morgan fingerprint density at radius 2 is 0.556 bits per heavy atom. The molecule has 0 unspecified atom stereocenters. The molecule has 0 aliphatic heterocycles. The molecular formula is C48H32N6. The molecular weight excluding hydrogens is 661 g/mol. The molecule has 0 amide bonds. The van der Waals surface area contributed by atoms with E-state index in [0.29, 0.717) is 0 Å². The van der Waals surface area contributed by atoms with Gasteiger partial charge in [-0.15, -0.1) is 0 Å². The zero-order valence-corrected chi connectivity index (χ0v) is 29.2. The molecule has 54 heavy (non-hydrogen) atoms. The third-order valence-electron chi connectivity index (χ3n) is 9.65. The Morgan fingerprint density at radius 1 is 0.241 bits per heavy atom. The summed E-state index contributed by atoms with van der Waals surface area (Å²) in [5.74, 6) is 0. The van der Waals surface area contributed by atoms with Crippen LogP contribution in [0.15, 0.2) is 195 Å². The van der Waals surface area contributed by atoms with Crippen molar-refractivity contribution in [2.75, 3.05) is 0 Å². The summed E-state index contributed by atoms with van der Waals surface area (Å²) in [5.41, 5.74) is 17.1. The normalized spacial score (nSPS) is 11.0. The van der Waals surface area contributed by atoms with Gasteiger partial charge in [0.05, 0.1) is 23.8 Å². The van der Waals surface area contributed by atoms with Crippen molar-refractivity contribution in [1.29, 1.82) is 0 Å². The summed E-state index contributed by atoms with van der Waals surface area (Å²) >= 11 is 0. The highest BCUT2D eigenvalue weighted by molar-refractivity contribution is 5.96. The average molecular weight is 693 g/mol. The van der Waals surface area contributed by atoms with Gasteiger partial charge in [0.2, 0.25) is 0 Å². The number of hydrogen-bond donors (Lipinski definition) is 0. The topological polar surface area (TPSA) is 77.3 Å². The van der Waals surface area contributed by atoms with Crippen LogP contribution in [0.2, 0.25) is 0 Å². The fraction of sp³-hybridized carbons (Fsp3) is 0. The van der Waals surface area contributed by atoms with Crippen molar-refractivity contribution in [3.8, 4) is 89.3 Å². The monoisotopic (exact) mass is 692 g/mol. The van der Waals surface area contributed by atoms with Crippen LogP contribution in [0, 0.1) is 0 Å². The highest BCUT2D eigenvalue weighted by atomic mass is 14.8. The van der Waals surface area contributed by atoms with E-state index in [4.69, 9.17) is 0 Å². The molecule has 0 fully saturated rings. The van der Waals surface area contributed by atoms with Gasteiger partial charge in [-0.3, -0.25) is 29.9 Å². The molecule has 0 N–H and O–H groups in total. The van der Waals surface area contributed by atoms with Crippen molar-refractivity contribution in [3.05, 3.63) is 195 Å². The minimum Gasteiger partial charge on any atom is -0.264 e. The lowest BCUT2D eigenvalue weighted by molar-refractivity contribution is 1.21. The molecule has 5 aromatic carbocycles. The van der Waals surface area contributed by atoms with Gasteiger partial charge in [0, 0.05) is 60.7 Å². The van der Waals surface area contributed by atoms with Crippen LogP contribution in [-0.4, -0.2) is 29.9 Å². The van der Waals surface area contributed by atoms with Crippen LogP contribution in [0.1, 0.15) is 0 Å². The number of rotatable bonds is 8. The van der Waals surface area contributed by atoms with Crippen molar-refractivity contribution in [1.82, 2.24) is 29.9 Å². The lowest BCUT2D eigenvalue weighted by Crippen LogP contribution is -1.94. The van der Waals surface area contributed by atoms with Crippen LogP contribution in [0.25, 0.3) is 89.3 Å². The van der Waals surface area contributed by atoms with E-state index in [0.717, 1.165) is 89.3 Å². The Kier molecular flexibility index (Phi) is 8.81. The van der Waals surface area contributed by atoms with Gasteiger partial charge in [-0.2, -0.15) is 0 Å². The standard InChI is InChI=1S/C48H32N6/c1-3-41(29-49-21-1)33-5-9-35(10-6-33)43-27-44(36-11-7-34(8-12-36)42-4-2-22-50-30-42)46(38-15-19-40(20-16-38)48-32-52-24-26-54-48)28-45(43)37-13-17-39(18-14-37)47-31-51-23-25-53-47/h1-32H. The first-order valence-electron chi connectivity index (χ1n) is 17.7. The molecule has 4 aromatic heterocycles. The molecule has 0 saturated heterocycles. The Balaban J connectivity index is 1.23. The predicted octanol–water partition coefficient (Wildman–Crippen LogP) is 11.4. The zero-order chi connectivity index (χ0) is 36.1. The first-order valence-corrected chi connectivity index (χ1v) is 17.7. The first-order chi connectivity index (χ1) is 26.8. The van der Waals surface area contributed by atoms with E-state index in [1.165, 1.54) is 0 Å². The third-order valence-corrected chi connectivity index (χ3v) is 9.65. The van der Waals surface area contributed by atoms with Crippen LogP contribution in [0.3, 0.4) is 0 Å². The van der Waals surface area contributed by atoms with E-state index >= 15 is 0 Å². The molecule has 9 rings (SSSR count). The molecule has 0 bridgehead atoms. The van der Waals surface area contributed by atoms with E-state index in [9.17, 15) is 0 Å². The summed E-state index contributed by atoms with van der Waals surface area (Å²) in [6.07, 6.45) is 17.8. The molecule has 0 radical (unpaired) electrons. The van der Waals surface area contributed by atoms with Crippen LogP contribution in [0.4, 0.5) is 0 Å². The van der Waals surface area contributed by atoms with Crippen molar-refractivity contribution in [3.63, 3.8) is 0 Å². The smallest absolute Gasteiger partial charge is 0.0885 e. The van der Waals surface area contributed by atoms with E-state index in [-0.39, 0.29) is 0 Å². The van der Waals surface area contributed by atoms with E-state index in [1.54, 1.807) is 49.6 Å². The van der Waals surface area contributed by atoms with Gasteiger partial charge in [0.25, 0.3) is 0 Å². The van der Waals surface area contributed by atoms with Crippen molar-refractivity contribution in [2.24, 2.45) is 0 Å². The minimum absolute atomic E-state index is 0.837. The summed E-state index contributed by atoms with van der Waals surface area (Å²) in [7, 11) is 0. The fourth-order valence-corrected chi connectivity index (χ4v) is 6.84. The molecule has 0 saturated carbocycles. The van der Waals surface area contributed by atoms with E-state index < -0.39 is 0 Å². The number of hydrogen-bond acceptors (Lipinski definition) is 6. The molecule has 6 nitrogen and oxygen atoms in total. The molecule has 0 atom stereocenters. The van der Waals surface area contributed by atoms with Gasteiger partial charge >= 0.3 is 0 Å². The summed E-state index contributed by atoms with van der Waals surface area (Å²) in [6.45, 7) is 0. The summed E-state index contributed by atoms with van der Waals surface area (Å²) < 4.78 is 0. The van der Waals surface area contributed by atoms with Crippen LogP contribution < -0.4 is 0 Å². The molecule has 254 valence electrons. The van der Waals surface area contributed by atoms with Gasteiger partial charge in [0.15, 0.2) is 0 Å². The Morgan fingerprint density at radius 3 is 0.852 bits per heavy atom. The SMILES string of the molecule is c1cncc(-c2ccc(-c3cc(-c4ccc(-c5cccnc5)cc4)c(-c4ccc(-c5cnccn5)cc4)cc3-c3ccc(-c4cnccn4)cc3)cc2)c1. The molecule has 0 aliphatic carbocycles. The van der Waals surface area contributed by atoms with Crippen molar-refractivity contribution in [2.45, 2.75) is 0 Å². The Hall–Kier alpha value is -7.44. The fourth-order valence-electron chi connectivity index (χ4n) is 6.84. The lowest BCUT2D eigenvalue weighted by Gasteiger charge is -2.19. The minimum atomic E-state index is 0.837. The Bertz CT molecular complexity index is 2260. The molecule has 4 heterocycles. The van der Waals surface area contributed by atoms with Gasteiger partial charge in [-0.25, -0.2) is 0 Å². The highest BCUT2D eigenvalue weighted by Crippen LogP contribution is 2.43. The van der Waals surface area contributed by atoms with Crippen LogP contribution >= 0.6 is 0 Å². The number of nitrogens with zero attached hydrogens (tertiary/aromatic N) is 6. The first kappa shape index (κ1) is 32.5. The molecule has 0 aliphatic rings.